The molecule has 4 nitrogen and oxygen atoms in total. The molecule has 3 rings (SSSR count). The fraction of sp³-hybridized carbons (Fsp3) is 0.529. The lowest BCUT2D eigenvalue weighted by Gasteiger charge is -2.20. The average molecular weight is 287 g/mol. The molecule has 0 radical (unpaired) electrons. The zero-order valence-electron chi connectivity index (χ0n) is 12.3. The maximum atomic E-state index is 12.3. The first kappa shape index (κ1) is 14.1. The van der Waals surface area contributed by atoms with Crippen LogP contribution in [0.2, 0.25) is 0 Å². The second kappa shape index (κ2) is 5.88. The molecule has 4 heteroatoms. The highest BCUT2D eigenvalue weighted by atomic mass is 16.5. The molecular formula is C17H21NO3. The number of carbonyl (C=O) groups is 2. The first-order valence-corrected chi connectivity index (χ1v) is 7.75. The van der Waals surface area contributed by atoms with Crippen LogP contribution in [0.25, 0.3) is 0 Å². The van der Waals surface area contributed by atoms with E-state index in [4.69, 9.17) is 4.74 Å². The predicted molar refractivity (Wildman–Crippen MR) is 80.0 cm³/mol. The van der Waals surface area contributed by atoms with Crippen LogP contribution in [0, 0.1) is 17.8 Å². The molecule has 21 heavy (non-hydrogen) atoms. The first-order valence-electron chi connectivity index (χ1n) is 7.75. The van der Waals surface area contributed by atoms with Gasteiger partial charge < -0.3 is 10.1 Å². The van der Waals surface area contributed by atoms with Crippen LogP contribution in [0.4, 0.5) is 5.69 Å². The van der Waals surface area contributed by atoms with Crippen LogP contribution >= 0.6 is 0 Å². The fourth-order valence-corrected chi connectivity index (χ4v) is 3.70. The maximum absolute atomic E-state index is 12.3. The SMILES string of the molecule is CCOC(=O)c1ccc(NC(=O)[C@@H]2C[C@H]3CC[C@H]2C3)cc1. The number of ether oxygens (including phenoxy) is 1. The van der Waals surface area contributed by atoms with E-state index in [2.05, 4.69) is 5.32 Å². The molecule has 2 saturated carbocycles. The molecule has 1 N–H and O–H groups in total. The van der Waals surface area contributed by atoms with E-state index in [0.29, 0.717) is 18.1 Å². The molecule has 0 spiro atoms. The van der Waals surface area contributed by atoms with E-state index < -0.39 is 0 Å². The lowest BCUT2D eigenvalue weighted by Crippen LogP contribution is -2.27. The zero-order chi connectivity index (χ0) is 14.8. The number of esters is 1. The van der Waals surface area contributed by atoms with Crippen molar-refractivity contribution < 1.29 is 14.3 Å². The third-order valence-electron chi connectivity index (χ3n) is 4.74. The molecular weight excluding hydrogens is 266 g/mol. The summed E-state index contributed by atoms with van der Waals surface area (Å²) in [5.41, 5.74) is 1.26. The van der Waals surface area contributed by atoms with E-state index in [1.165, 1.54) is 19.3 Å². The van der Waals surface area contributed by atoms with Gasteiger partial charge in [0.1, 0.15) is 0 Å². The molecule has 0 unspecified atom stereocenters. The molecule has 1 aromatic rings. The van der Waals surface area contributed by atoms with Crippen molar-refractivity contribution in [3.05, 3.63) is 29.8 Å². The summed E-state index contributed by atoms with van der Waals surface area (Å²) in [5, 5.41) is 2.98. The summed E-state index contributed by atoms with van der Waals surface area (Å²) in [4.78, 5) is 23.9. The van der Waals surface area contributed by atoms with E-state index >= 15 is 0 Å². The summed E-state index contributed by atoms with van der Waals surface area (Å²) in [6, 6.07) is 6.90. The monoisotopic (exact) mass is 287 g/mol. The standard InChI is InChI=1S/C17H21NO3/c1-2-21-17(20)12-5-7-14(8-6-12)18-16(19)15-10-11-3-4-13(15)9-11/h5-8,11,13,15H,2-4,9-10H2,1H3,(H,18,19)/t11-,13-,15+/m0/s1. The number of benzene rings is 1. The van der Waals surface area contributed by atoms with Crippen molar-refractivity contribution >= 4 is 17.6 Å². The molecule has 1 amide bonds. The maximum Gasteiger partial charge on any atom is 0.338 e. The highest BCUT2D eigenvalue weighted by molar-refractivity contribution is 5.94. The van der Waals surface area contributed by atoms with Crippen molar-refractivity contribution in [2.24, 2.45) is 17.8 Å². The smallest absolute Gasteiger partial charge is 0.338 e. The van der Waals surface area contributed by atoms with Crippen LogP contribution in [-0.2, 0) is 9.53 Å². The first-order chi connectivity index (χ1) is 10.2. The largest absolute Gasteiger partial charge is 0.462 e. The Morgan fingerprint density at radius 2 is 1.95 bits per heavy atom. The van der Waals surface area contributed by atoms with Gasteiger partial charge in [0.05, 0.1) is 12.2 Å². The predicted octanol–water partition coefficient (Wildman–Crippen LogP) is 3.24. The van der Waals surface area contributed by atoms with E-state index in [0.717, 1.165) is 18.0 Å². The van der Waals surface area contributed by atoms with Crippen LogP contribution in [-0.4, -0.2) is 18.5 Å². The Morgan fingerprint density at radius 3 is 2.52 bits per heavy atom. The summed E-state index contributed by atoms with van der Waals surface area (Å²) in [6.07, 6.45) is 4.75. The van der Waals surface area contributed by atoms with E-state index in [-0.39, 0.29) is 17.8 Å². The number of rotatable bonds is 4. The van der Waals surface area contributed by atoms with Gasteiger partial charge in [0.2, 0.25) is 5.91 Å². The van der Waals surface area contributed by atoms with Gasteiger partial charge in [-0.3, -0.25) is 4.79 Å². The van der Waals surface area contributed by atoms with Gasteiger partial charge in [-0.2, -0.15) is 0 Å². The van der Waals surface area contributed by atoms with Crippen molar-refractivity contribution in [2.45, 2.75) is 32.6 Å². The number of anilines is 1. The summed E-state index contributed by atoms with van der Waals surface area (Å²) < 4.78 is 4.94. The Kier molecular flexibility index (Phi) is 3.95. The van der Waals surface area contributed by atoms with E-state index in [1.54, 1.807) is 31.2 Å². The van der Waals surface area contributed by atoms with Gasteiger partial charge in [0.25, 0.3) is 0 Å². The minimum Gasteiger partial charge on any atom is -0.462 e. The Balaban J connectivity index is 1.60. The molecule has 0 aliphatic heterocycles. The number of carbonyl (C=O) groups excluding carboxylic acids is 2. The molecule has 3 atom stereocenters. The van der Waals surface area contributed by atoms with Gasteiger partial charge >= 0.3 is 5.97 Å². The third-order valence-corrected chi connectivity index (χ3v) is 4.74. The highest BCUT2D eigenvalue weighted by Gasteiger charge is 2.42. The Hall–Kier alpha value is -1.84. The summed E-state index contributed by atoms with van der Waals surface area (Å²) in [7, 11) is 0. The van der Waals surface area contributed by atoms with E-state index in [1.807, 2.05) is 0 Å². The number of amides is 1. The quantitative estimate of drug-likeness (QED) is 0.865. The third kappa shape index (κ3) is 2.94. The number of hydrogen-bond acceptors (Lipinski definition) is 3. The van der Waals surface area contributed by atoms with Crippen LogP contribution in [0.1, 0.15) is 43.0 Å². The summed E-state index contributed by atoms with van der Waals surface area (Å²) in [5.74, 6) is 1.31. The average Bonchev–Trinajstić information content (AvgIpc) is 3.11. The van der Waals surface area contributed by atoms with E-state index in [9.17, 15) is 9.59 Å². The van der Waals surface area contributed by atoms with Crippen molar-refractivity contribution in [1.82, 2.24) is 0 Å². The van der Waals surface area contributed by atoms with Gasteiger partial charge in [-0.1, -0.05) is 6.42 Å². The minimum atomic E-state index is -0.330. The summed E-state index contributed by atoms with van der Waals surface area (Å²) in [6.45, 7) is 2.14. The van der Waals surface area contributed by atoms with Crippen LogP contribution in [0.15, 0.2) is 24.3 Å². The van der Waals surface area contributed by atoms with Crippen molar-refractivity contribution in [3.63, 3.8) is 0 Å². The highest BCUT2D eigenvalue weighted by Crippen LogP contribution is 2.48. The Labute approximate surface area is 124 Å². The lowest BCUT2D eigenvalue weighted by molar-refractivity contribution is -0.121. The van der Waals surface area contributed by atoms with Gasteiger partial charge in [-0.25, -0.2) is 4.79 Å². The van der Waals surface area contributed by atoms with Crippen molar-refractivity contribution in [3.8, 4) is 0 Å². The molecule has 112 valence electrons. The van der Waals surface area contributed by atoms with Crippen molar-refractivity contribution in [1.29, 1.82) is 0 Å². The lowest BCUT2D eigenvalue weighted by atomic mass is 9.88. The zero-order valence-corrected chi connectivity index (χ0v) is 12.3. The van der Waals surface area contributed by atoms with Gasteiger partial charge in [0, 0.05) is 11.6 Å². The molecule has 2 aliphatic rings. The molecule has 0 heterocycles. The topological polar surface area (TPSA) is 55.4 Å². The van der Waals surface area contributed by atoms with Crippen LogP contribution in [0.5, 0.6) is 0 Å². The molecule has 2 bridgehead atoms. The Morgan fingerprint density at radius 1 is 1.19 bits per heavy atom. The van der Waals surface area contributed by atoms with Crippen molar-refractivity contribution in [2.75, 3.05) is 11.9 Å². The fourth-order valence-electron chi connectivity index (χ4n) is 3.70. The van der Waals surface area contributed by atoms with Crippen LogP contribution in [0.3, 0.4) is 0 Å². The van der Waals surface area contributed by atoms with Crippen LogP contribution < -0.4 is 5.32 Å². The molecule has 2 aliphatic carbocycles. The second-order valence-electron chi connectivity index (χ2n) is 6.07. The van der Waals surface area contributed by atoms with Gasteiger partial charge in [-0.15, -0.1) is 0 Å². The summed E-state index contributed by atoms with van der Waals surface area (Å²) >= 11 is 0. The number of nitrogens with one attached hydrogen (secondary N) is 1. The second-order valence-corrected chi connectivity index (χ2v) is 6.07. The Bertz CT molecular complexity index is 537. The molecule has 0 aromatic heterocycles. The number of hydrogen-bond donors (Lipinski definition) is 1. The molecule has 2 fully saturated rings. The van der Waals surface area contributed by atoms with Gasteiger partial charge in [0.15, 0.2) is 0 Å². The number of fused-ring (bicyclic) bond motifs is 2. The van der Waals surface area contributed by atoms with Gasteiger partial charge in [-0.05, 0) is 62.3 Å². The minimum absolute atomic E-state index is 0.131. The normalized spacial score (nSPS) is 26.6. The molecule has 0 saturated heterocycles. The molecule has 1 aromatic carbocycles.